The van der Waals surface area contributed by atoms with Gasteiger partial charge in [-0.25, -0.2) is 4.79 Å². The van der Waals surface area contributed by atoms with Crippen LogP contribution in [-0.4, -0.2) is 46.8 Å². The number of nitrogens with two attached hydrogens (primary N) is 1. The number of aliphatic hydroxyl groups is 1. The Bertz CT molecular complexity index is 879. The van der Waals surface area contributed by atoms with Gasteiger partial charge in [-0.1, -0.05) is 30.3 Å². The van der Waals surface area contributed by atoms with Crippen LogP contribution in [0.2, 0.25) is 0 Å². The molecule has 5 fully saturated rings. The van der Waals surface area contributed by atoms with Gasteiger partial charge in [-0.3, -0.25) is 4.79 Å². The lowest BCUT2D eigenvalue weighted by atomic mass is 9.48. The van der Waals surface area contributed by atoms with Gasteiger partial charge in [0, 0.05) is 18.5 Å². The monoisotopic (exact) mass is 440 g/mol. The van der Waals surface area contributed by atoms with E-state index >= 15 is 0 Å². The molecule has 4 bridgehead atoms. The zero-order chi connectivity index (χ0) is 22.7. The topological polar surface area (TPSA) is 92.9 Å². The molecule has 0 spiro atoms. The number of nitrogens with zero attached hydrogens (tertiary/aromatic N) is 1. The van der Waals surface area contributed by atoms with Crippen molar-refractivity contribution >= 4 is 12.0 Å². The van der Waals surface area contributed by atoms with Crippen molar-refractivity contribution in [3.05, 3.63) is 35.9 Å². The van der Waals surface area contributed by atoms with Crippen LogP contribution in [-0.2, 0) is 14.9 Å². The first-order valence-corrected chi connectivity index (χ1v) is 12.1. The Morgan fingerprint density at radius 3 is 2.41 bits per heavy atom. The van der Waals surface area contributed by atoms with Gasteiger partial charge in [-0.15, -0.1) is 0 Å². The van der Waals surface area contributed by atoms with Crippen molar-refractivity contribution in [1.82, 2.24) is 4.90 Å². The molecule has 1 aromatic carbocycles. The normalized spacial score (nSPS) is 38.2. The molecule has 3 N–H and O–H groups in total. The van der Waals surface area contributed by atoms with Crippen molar-refractivity contribution in [2.45, 2.75) is 75.9 Å². The molecule has 6 rings (SSSR count). The maximum atomic E-state index is 13.3. The first-order chi connectivity index (χ1) is 15.1. The molecule has 32 heavy (non-hydrogen) atoms. The Kier molecular flexibility index (Phi) is 5.08. The minimum Gasteiger partial charge on any atom is -0.446 e. The van der Waals surface area contributed by atoms with E-state index in [1.165, 1.54) is 0 Å². The summed E-state index contributed by atoms with van der Waals surface area (Å²) in [6.45, 7) is 4.85. The van der Waals surface area contributed by atoms with E-state index < -0.39 is 5.60 Å². The van der Waals surface area contributed by atoms with Crippen molar-refractivity contribution in [1.29, 1.82) is 0 Å². The molecule has 5 aliphatic rings. The lowest BCUT2D eigenvalue weighted by Crippen LogP contribution is -2.59. The van der Waals surface area contributed by atoms with E-state index in [4.69, 9.17) is 10.5 Å². The number of benzene rings is 1. The lowest BCUT2D eigenvalue weighted by molar-refractivity contribution is -0.161. The molecule has 4 saturated carbocycles. The molecule has 4 aliphatic carbocycles. The van der Waals surface area contributed by atoms with Crippen LogP contribution in [0.4, 0.5) is 4.79 Å². The SMILES string of the molecule is CC(C)(O)CC1(c2ccccc2)CCN(C(=O)O[C@H]2C3CC4CC2C[C@](C(N)=O)(C4)C3)C1. The Morgan fingerprint density at radius 1 is 1.16 bits per heavy atom. The van der Waals surface area contributed by atoms with Gasteiger partial charge < -0.3 is 20.5 Å². The third-order valence-electron chi connectivity index (χ3n) is 8.72. The number of amides is 2. The van der Waals surface area contributed by atoms with Crippen molar-refractivity contribution in [2.75, 3.05) is 13.1 Å². The Labute approximate surface area is 190 Å². The second-order valence-corrected chi connectivity index (χ2v) is 11.8. The van der Waals surface area contributed by atoms with Gasteiger partial charge in [-0.2, -0.15) is 0 Å². The summed E-state index contributed by atoms with van der Waals surface area (Å²) >= 11 is 0. The summed E-state index contributed by atoms with van der Waals surface area (Å²) in [7, 11) is 0. The largest absolute Gasteiger partial charge is 0.446 e. The molecule has 174 valence electrons. The van der Waals surface area contributed by atoms with Crippen LogP contribution in [0.15, 0.2) is 30.3 Å². The molecule has 2 amide bonds. The first kappa shape index (κ1) is 21.7. The van der Waals surface area contributed by atoms with Gasteiger partial charge in [0.2, 0.25) is 5.91 Å². The standard InChI is InChI=1S/C26H36N2O4/c1-24(2,31)15-25(20-6-4-3-5-7-20)8-9-28(16-25)23(30)32-21-18-10-17-11-19(21)14-26(12-17,13-18)22(27)29/h3-7,17-19,21,31H,8-16H2,1-2H3,(H2,27,29)/t17?,18?,19?,21-,25?,26-. The maximum Gasteiger partial charge on any atom is 0.410 e. The fraction of sp³-hybridized carbons (Fsp3) is 0.692. The van der Waals surface area contributed by atoms with Gasteiger partial charge in [-0.05, 0) is 82.1 Å². The summed E-state index contributed by atoms with van der Waals surface area (Å²) in [4.78, 5) is 27.3. The lowest BCUT2D eigenvalue weighted by Gasteiger charge is -2.58. The minimum atomic E-state index is -0.833. The highest BCUT2D eigenvalue weighted by atomic mass is 16.6. The number of carbonyl (C=O) groups is 2. The third kappa shape index (κ3) is 3.70. The fourth-order valence-electron chi connectivity index (χ4n) is 7.79. The van der Waals surface area contributed by atoms with Gasteiger partial charge >= 0.3 is 6.09 Å². The molecule has 0 radical (unpaired) electrons. The van der Waals surface area contributed by atoms with E-state index in [-0.39, 0.29) is 40.8 Å². The molecule has 1 heterocycles. The van der Waals surface area contributed by atoms with Crippen molar-refractivity contribution in [3.8, 4) is 0 Å². The molecule has 1 saturated heterocycles. The van der Waals surface area contributed by atoms with Gasteiger partial charge in [0.15, 0.2) is 0 Å². The van der Waals surface area contributed by atoms with Crippen LogP contribution in [0.25, 0.3) is 0 Å². The average molecular weight is 441 g/mol. The van der Waals surface area contributed by atoms with Crippen molar-refractivity contribution in [2.24, 2.45) is 28.9 Å². The summed E-state index contributed by atoms with van der Waals surface area (Å²) < 4.78 is 6.17. The maximum absolute atomic E-state index is 13.3. The summed E-state index contributed by atoms with van der Waals surface area (Å²) in [6.07, 6.45) is 5.56. The van der Waals surface area contributed by atoms with Gasteiger partial charge in [0.05, 0.1) is 11.0 Å². The summed E-state index contributed by atoms with van der Waals surface area (Å²) in [5.41, 5.74) is 5.48. The van der Waals surface area contributed by atoms with Crippen LogP contribution in [0.5, 0.6) is 0 Å². The zero-order valence-electron chi connectivity index (χ0n) is 19.3. The summed E-state index contributed by atoms with van der Waals surface area (Å²) in [6, 6.07) is 10.2. The van der Waals surface area contributed by atoms with E-state index in [2.05, 4.69) is 12.1 Å². The Morgan fingerprint density at radius 2 is 1.81 bits per heavy atom. The second-order valence-electron chi connectivity index (χ2n) is 11.8. The predicted octanol–water partition coefficient (Wildman–Crippen LogP) is 3.61. The molecule has 6 heteroatoms. The zero-order valence-corrected chi connectivity index (χ0v) is 19.3. The molecule has 3 unspecified atom stereocenters. The van der Waals surface area contributed by atoms with Crippen molar-refractivity contribution < 1.29 is 19.4 Å². The molecule has 6 nitrogen and oxygen atoms in total. The van der Waals surface area contributed by atoms with Crippen LogP contribution in [0.1, 0.15) is 64.4 Å². The van der Waals surface area contributed by atoms with E-state index in [0.717, 1.165) is 44.1 Å². The van der Waals surface area contributed by atoms with Crippen LogP contribution in [0, 0.1) is 23.2 Å². The number of likely N-dealkylation sites (tertiary alicyclic amines) is 1. The predicted molar refractivity (Wildman–Crippen MR) is 121 cm³/mol. The smallest absolute Gasteiger partial charge is 0.410 e. The molecular weight excluding hydrogens is 404 g/mol. The number of primary amides is 1. The molecule has 1 aromatic rings. The fourth-order valence-corrected chi connectivity index (χ4v) is 7.79. The minimum absolute atomic E-state index is 0.104. The Balaban J connectivity index is 1.30. The highest BCUT2D eigenvalue weighted by Gasteiger charge is 2.59. The van der Waals surface area contributed by atoms with Crippen LogP contribution in [0.3, 0.4) is 0 Å². The summed E-state index contributed by atoms with van der Waals surface area (Å²) in [5, 5.41) is 10.6. The van der Waals surface area contributed by atoms with E-state index in [0.29, 0.717) is 25.4 Å². The molecule has 0 aromatic heterocycles. The van der Waals surface area contributed by atoms with Gasteiger partial charge in [0.25, 0.3) is 0 Å². The van der Waals surface area contributed by atoms with Crippen LogP contribution >= 0.6 is 0 Å². The number of carbonyl (C=O) groups excluding carboxylic acids is 2. The summed E-state index contributed by atoms with van der Waals surface area (Å²) in [5.74, 6) is 0.867. The highest BCUT2D eigenvalue weighted by Crippen LogP contribution is 2.60. The first-order valence-electron chi connectivity index (χ1n) is 12.1. The van der Waals surface area contributed by atoms with Gasteiger partial charge in [0.1, 0.15) is 6.10 Å². The Hall–Kier alpha value is -2.08. The number of ether oxygens (including phenoxy) is 1. The average Bonchev–Trinajstić information content (AvgIpc) is 3.14. The van der Waals surface area contributed by atoms with Crippen LogP contribution < -0.4 is 5.73 Å². The van der Waals surface area contributed by atoms with E-state index in [1.54, 1.807) is 0 Å². The number of hydrogen-bond acceptors (Lipinski definition) is 4. The molecule has 1 aliphatic heterocycles. The quantitative estimate of drug-likeness (QED) is 0.732. The highest BCUT2D eigenvalue weighted by molar-refractivity contribution is 5.81. The molecular formula is C26H36N2O4. The molecule has 3 atom stereocenters. The third-order valence-corrected chi connectivity index (χ3v) is 8.72. The second kappa shape index (κ2) is 7.47. The number of rotatable bonds is 5. The number of hydrogen-bond donors (Lipinski definition) is 2. The van der Waals surface area contributed by atoms with Crippen molar-refractivity contribution in [3.63, 3.8) is 0 Å². The van der Waals surface area contributed by atoms with E-state index in [1.807, 2.05) is 36.9 Å². The van der Waals surface area contributed by atoms with E-state index in [9.17, 15) is 14.7 Å².